The summed E-state index contributed by atoms with van der Waals surface area (Å²) in [6, 6.07) is 0. The van der Waals surface area contributed by atoms with E-state index in [9.17, 15) is 9.59 Å². The number of hydrogen-bond acceptors (Lipinski definition) is 3. The van der Waals surface area contributed by atoms with Gasteiger partial charge in [-0.2, -0.15) is 0 Å². The number of carbonyl (C=O) groups is 2. The minimum Gasteiger partial charge on any atom is -0.406 e. The molecule has 0 heterocycles. The molecule has 1 aliphatic carbocycles. The Hall–Kier alpha value is -1.00. The Labute approximate surface area is 148 Å². The molecular formula is C20H34O3Si. The fourth-order valence-corrected chi connectivity index (χ4v) is 5.45. The van der Waals surface area contributed by atoms with Crippen molar-refractivity contribution < 1.29 is 14.0 Å². The summed E-state index contributed by atoms with van der Waals surface area (Å²) in [6.45, 7) is 20.3. The maximum atomic E-state index is 12.8. The summed E-state index contributed by atoms with van der Waals surface area (Å²) < 4.78 is 6.09. The summed E-state index contributed by atoms with van der Waals surface area (Å²) in [6.07, 6.45) is 2.51. The molecule has 0 amide bonds. The maximum absolute atomic E-state index is 12.8. The fourth-order valence-electron chi connectivity index (χ4n) is 3.82. The van der Waals surface area contributed by atoms with E-state index < -0.39 is 13.9 Å². The summed E-state index contributed by atoms with van der Waals surface area (Å²) >= 11 is 0. The second-order valence-corrected chi connectivity index (χ2v) is 13.2. The first kappa shape index (κ1) is 21.0. The van der Waals surface area contributed by atoms with Gasteiger partial charge in [0.15, 0.2) is 14.1 Å². The van der Waals surface area contributed by atoms with Gasteiger partial charge in [0.2, 0.25) is 0 Å². The normalized spacial score (nSPS) is 23.3. The van der Waals surface area contributed by atoms with Crippen LogP contribution in [-0.2, 0) is 14.0 Å². The molecular weight excluding hydrogens is 316 g/mol. The molecule has 0 unspecified atom stereocenters. The Bertz CT molecular complexity index is 552. The maximum Gasteiger partial charge on any atom is 0.185 e. The van der Waals surface area contributed by atoms with Gasteiger partial charge in [-0.1, -0.05) is 31.6 Å². The lowest BCUT2D eigenvalue weighted by Gasteiger charge is -2.34. The van der Waals surface area contributed by atoms with E-state index in [-0.39, 0.29) is 17.6 Å². The highest BCUT2D eigenvalue weighted by Crippen LogP contribution is 2.41. The Morgan fingerprint density at radius 1 is 1.42 bits per heavy atom. The van der Waals surface area contributed by atoms with E-state index in [1.807, 2.05) is 27.7 Å². The zero-order valence-electron chi connectivity index (χ0n) is 16.7. The number of Topliss-reactive ketones (excluding diaryl/α,β-unsaturated/α-hetero) is 1. The smallest absolute Gasteiger partial charge is 0.185 e. The van der Waals surface area contributed by atoms with Crippen molar-refractivity contribution >= 4 is 20.4 Å². The monoisotopic (exact) mass is 350 g/mol. The zero-order valence-corrected chi connectivity index (χ0v) is 17.7. The molecule has 3 nitrogen and oxygen atoms in total. The third-order valence-electron chi connectivity index (χ3n) is 4.95. The van der Waals surface area contributed by atoms with Crippen molar-refractivity contribution in [3.63, 3.8) is 0 Å². The third-order valence-corrected chi connectivity index (χ3v) is 6.07. The molecule has 24 heavy (non-hydrogen) atoms. The fraction of sp³-hybridized carbons (Fsp3) is 0.700. The molecule has 0 fully saturated rings. The summed E-state index contributed by atoms with van der Waals surface area (Å²) in [5, 5.41) is 0. The van der Waals surface area contributed by atoms with Gasteiger partial charge in [0.25, 0.3) is 0 Å². The van der Waals surface area contributed by atoms with Gasteiger partial charge < -0.3 is 4.43 Å². The minimum atomic E-state index is -1.80. The summed E-state index contributed by atoms with van der Waals surface area (Å²) in [5.41, 5.74) is 2.25. The highest BCUT2D eigenvalue weighted by atomic mass is 28.4. The molecule has 1 aliphatic rings. The number of allylic oxidation sites excluding steroid dienone is 3. The van der Waals surface area contributed by atoms with Crippen LogP contribution >= 0.6 is 0 Å². The average molecular weight is 351 g/mol. The lowest BCUT2D eigenvalue weighted by Crippen LogP contribution is -2.46. The van der Waals surface area contributed by atoms with Crippen LogP contribution in [0.15, 0.2) is 23.3 Å². The molecule has 0 aromatic heterocycles. The summed E-state index contributed by atoms with van der Waals surface area (Å²) in [5.74, 6) is 0.455. The predicted molar refractivity (Wildman–Crippen MR) is 102 cm³/mol. The highest BCUT2D eigenvalue weighted by molar-refractivity contribution is 6.70. The van der Waals surface area contributed by atoms with Crippen molar-refractivity contribution in [2.75, 3.05) is 0 Å². The van der Waals surface area contributed by atoms with Crippen molar-refractivity contribution in [1.29, 1.82) is 0 Å². The number of ketones is 1. The zero-order chi connectivity index (χ0) is 18.9. The van der Waals surface area contributed by atoms with E-state index in [0.717, 1.165) is 29.4 Å². The van der Waals surface area contributed by atoms with E-state index in [4.69, 9.17) is 4.43 Å². The molecule has 0 bridgehead atoms. The van der Waals surface area contributed by atoms with Gasteiger partial charge in [0.1, 0.15) is 11.9 Å². The Morgan fingerprint density at radius 3 is 2.42 bits per heavy atom. The molecule has 0 radical (unpaired) electrons. The van der Waals surface area contributed by atoms with E-state index in [0.29, 0.717) is 12.3 Å². The molecule has 4 heteroatoms. The highest BCUT2D eigenvalue weighted by Gasteiger charge is 2.38. The van der Waals surface area contributed by atoms with Crippen molar-refractivity contribution in [3.8, 4) is 0 Å². The van der Waals surface area contributed by atoms with Gasteiger partial charge in [-0.3, -0.25) is 9.59 Å². The van der Waals surface area contributed by atoms with Crippen LogP contribution in [0.25, 0.3) is 0 Å². The second kappa shape index (κ2) is 7.48. The van der Waals surface area contributed by atoms with E-state index in [1.54, 1.807) is 0 Å². The quantitative estimate of drug-likeness (QED) is 0.354. The number of rotatable bonds is 8. The average Bonchev–Trinajstić information content (AvgIpc) is 2.70. The van der Waals surface area contributed by atoms with Crippen LogP contribution in [0.5, 0.6) is 0 Å². The SMILES string of the molecule is C=C(C[C@@H](C)C(=O)C(C)(C)O[Si](C)(C)C)[C@H]1C[C@@H](C)C(C)=C1C=O. The van der Waals surface area contributed by atoms with Gasteiger partial charge in [-0.15, -0.1) is 0 Å². The van der Waals surface area contributed by atoms with Crippen molar-refractivity contribution in [3.05, 3.63) is 23.3 Å². The van der Waals surface area contributed by atoms with E-state index in [2.05, 4.69) is 33.1 Å². The van der Waals surface area contributed by atoms with Crippen molar-refractivity contribution in [1.82, 2.24) is 0 Å². The molecule has 0 aliphatic heterocycles. The summed E-state index contributed by atoms with van der Waals surface area (Å²) in [4.78, 5) is 24.3. The van der Waals surface area contributed by atoms with Gasteiger partial charge in [-0.25, -0.2) is 0 Å². The Balaban J connectivity index is 2.81. The molecule has 0 spiro atoms. The molecule has 0 N–H and O–H groups in total. The van der Waals surface area contributed by atoms with Gasteiger partial charge >= 0.3 is 0 Å². The minimum absolute atomic E-state index is 0.0915. The first-order valence-corrected chi connectivity index (χ1v) is 12.3. The number of hydrogen-bond donors (Lipinski definition) is 0. The van der Waals surface area contributed by atoms with E-state index >= 15 is 0 Å². The number of aldehydes is 1. The predicted octanol–water partition coefficient (Wildman–Crippen LogP) is 4.94. The molecule has 0 aromatic rings. The van der Waals surface area contributed by atoms with Crippen LogP contribution in [0.4, 0.5) is 0 Å². The van der Waals surface area contributed by atoms with E-state index in [1.165, 1.54) is 0 Å². The first-order chi connectivity index (χ1) is 10.8. The van der Waals surface area contributed by atoms with Crippen molar-refractivity contribution in [2.45, 2.75) is 72.7 Å². The molecule has 136 valence electrons. The van der Waals surface area contributed by atoms with Crippen LogP contribution in [0, 0.1) is 17.8 Å². The lowest BCUT2D eigenvalue weighted by molar-refractivity contribution is -0.136. The lowest BCUT2D eigenvalue weighted by atomic mass is 9.83. The van der Waals surface area contributed by atoms with Crippen LogP contribution in [0.3, 0.4) is 0 Å². The van der Waals surface area contributed by atoms with Gasteiger partial charge in [0.05, 0.1) is 0 Å². The molecule has 3 atom stereocenters. The topological polar surface area (TPSA) is 43.4 Å². The first-order valence-electron chi connectivity index (χ1n) is 8.88. The van der Waals surface area contributed by atoms with Crippen LogP contribution < -0.4 is 0 Å². The molecule has 0 saturated carbocycles. The Kier molecular flexibility index (Phi) is 6.56. The van der Waals surface area contributed by atoms with Gasteiger partial charge in [-0.05, 0) is 64.7 Å². The van der Waals surface area contributed by atoms with Crippen LogP contribution in [-0.4, -0.2) is 26.0 Å². The largest absolute Gasteiger partial charge is 0.406 e. The van der Waals surface area contributed by atoms with Gasteiger partial charge in [0, 0.05) is 11.8 Å². The van der Waals surface area contributed by atoms with Crippen molar-refractivity contribution in [2.24, 2.45) is 17.8 Å². The third kappa shape index (κ3) is 5.00. The molecule has 0 saturated heterocycles. The van der Waals surface area contributed by atoms with Crippen LogP contribution in [0.1, 0.15) is 47.5 Å². The standard InChI is InChI=1S/C20H34O3Si/c1-13-11-17(18(12-21)16(13)4)14(2)10-15(3)19(22)20(5,6)23-24(7,8)9/h12-13,15,17H,2,10-11H2,1,3-9H3/t13-,15-,17-/m1/s1. The van der Waals surface area contributed by atoms with Crippen LogP contribution in [0.2, 0.25) is 19.6 Å². The molecule has 1 rings (SSSR count). The second-order valence-electron chi connectivity index (χ2n) is 8.80. The Morgan fingerprint density at radius 2 is 1.96 bits per heavy atom. The molecule has 0 aromatic carbocycles. The number of carbonyl (C=O) groups excluding carboxylic acids is 2. The summed E-state index contributed by atoms with van der Waals surface area (Å²) in [7, 11) is -1.80.